The molecule has 1 aromatic heterocycles. The summed E-state index contributed by atoms with van der Waals surface area (Å²) in [6.45, 7) is 14.8. The summed E-state index contributed by atoms with van der Waals surface area (Å²) in [6, 6.07) is 9.96. The molecule has 3 nitrogen and oxygen atoms in total. The van der Waals surface area contributed by atoms with E-state index in [0.717, 1.165) is 21.7 Å². The van der Waals surface area contributed by atoms with E-state index < -0.39 is 16.1 Å². The molecule has 6 heteroatoms. The molecule has 0 amide bonds. The average Bonchev–Trinajstić information content (AvgIpc) is 2.85. The van der Waals surface area contributed by atoms with E-state index in [9.17, 15) is 0 Å². The number of aromatic nitrogens is 2. The van der Waals surface area contributed by atoms with E-state index in [1.165, 1.54) is 0 Å². The van der Waals surface area contributed by atoms with Crippen molar-refractivity contribution in [3.63, 3.8) is 0 Å². The largest absolute Gasteiger partial charge is 0.420 e. The van der Waals surface area contributed by atoms with Crippen molar-refractivity contribution < 1.29 is 4.42 Å². The molecule has 0 N–H and O–H groups in total. The van der Waals surface area contributed by atoms with Gasteiger partial charge in [-0.25, -0.2) is 0 Å². The molecule has 0 radical (unpaired) electrons. The first-order chi connectivity index (χ1) is 10.2. The summed E-state index contributed by atoms with van der Waals surface area (Å²) in [7, 11) is -2.40. The lowest BCUT2D eigenvalue weighted by molar-refractivity contribution is 0.528. The number of rotatable bonds is 6. The first-order valence-electron chi connectivity index (χ1n) is 7.67. The van der Waals surface area contributed by atoms with Crippen LogP contribution in [-0.2, 0) is 5.75 Å². The fourth-order valence-corrected chi connectivity index (χ4v) is 18.3. The molecule has 0 bridgehead atoms. The minimum atomic E-state index is -1.20. The lowest BCUT2D eigenvalue weighted by atomic mass is 10.2. The zero-order chi connectivity index (χ0) is 16.4. The summed E-state index contributed by atoms with van der Waals surface area (Å²) in [5, 5.41) is 8.40. The van der Waals surface area contributed by atoms with Crippen LogP contribution in [0.1, 0.15) is 5.89 Å². The second-order valence-corrected chi connectivity index (χ2v) is 20.9. The van der Waals surface area contributed by atoms with Crippen LogP contribution in [0.2, 0.25) is 39.3 Å². The van der Waals surface area contributed by atoms with Gasteiger partial charge >= 0.3 is 0 Å². The van der Waals surface area contributed by atoms with E-state index in [2.05, 4.69) is 49.5 Å². The molecule has 0 aliphatic heterocycles. The van der Waals surface area contributed by atoms with Gasteiger partial charge in [0, 0.05) is 5.56 Å². The first kappa shape index (κ1) is 17.5. The Kier molecular flexibility index (Phi) is 5.34. The monoisotopic (exact) mass is 350 g/mol. The molecule has 0 saturated heterocycles. The quantitative estimate of drug-likeness (QED) is 0.680. The Morgan fingerprint density at radius 1 is 0.955 bits per heavy atom. The van der Waals surface area contributed by atoms with Crippen LogP contribution >= 0.6 is 11.8 Å². The standard InChI is InChI=1S/C16H26N2OSSi2/c1-21(2,3)16(22(4,5)6)20-12-14-17-18-15(19-14)13-10-8-7-9-11-13/h7-11,16H,12H2,1-6H3. The molecule has 0 saturated carbocycles. The van der Waals surface area contributed by atoms with E-state index in [0.29, 0.717) is 5.89 Å². The molecule has 2 aromatic rings. The van der Waals surface area contributed by atoms with Crippen molar-refractivity contribution >= 4 is 27.9 Å². The Morgan fingerprint density at radius 2 is 1.55 bits per heavy atom. The second kappa shape index (κ2) is 6.72. The summed E-state index contributed by atoms with van der Waals surface area (Å²) in [5.74, 6) is 2.18. The smallest absolute Gasteiger partial charge is 0.247 e. The molecule has 0 aliphatic rings. The Hall–Kier alpha value is -0.856. The number of hydrogen-bond donors (Lipinski definition) is 0. The predicted octanol–water partition coefficient (Wildman–Crippen LogP) is 5.09. The molecule has 22 heavy (non-hydrogen) atoms. The third-order valence-corrected chi connectivity index (χ3v) is 17.8. The van der Waals surface area contributed by atoms with Crippen LogP contribution in [0.5, 0.6) is 0 Å². The zero-order valence-corrected chi connectivity index (χ0v) is 17.2. The summed E-state index contributed by atoms with van der Waals surface area (Å²) in [5.41, 5.74) is 0.984. The van der Waals surface area contributed by atoms with E-state index >= 15 is 0 Å². The van der Waals surface area contributed by atoms with Crippen LogP contribution in [0.3, 0.4) is 0 Å². The van der Waals surface area contributed by atoms with Gasteiger partial charge in [0.1, 0.15) is 0 Å². The number of hydrogen-bond acceptors (Lipinski definition) is 4. The van der Waals surface area contributed by atoms with Gasteiger partial charge in [-0.15, -0.1) is 10.2 Å². The molecule has 0 aliphatic carbocycles. The maximum absolute atomic E-state index is 5.83. The Bertz CT molecular complexity index is 589. The molecular weight excluding hydrogens is 324 g/mol. The van der Waals surface area contributed by atoms with Crippen molar-refractivity contribution in [2.24, 2.45) is 0 Å². The van der Waals surface area contributed by atoms with Crippen LogP contribution < -0.4 is 0 Å². The molecular formula is C16H26N2OSSi2. The van der Waals surface area contributed by atoms with Crippen molar-refractivity contribution in [3.05, 3.63) is 36.2 Å². The molecule has 0 atom stereocenters. The summed E-state index contributed by atoms with van der Waals surface area (Å²) in [6.07, 6.45) is 0. The van der Waals surface area contributed by atoms with Gasteiger partial charge in [-0.2, -0.15) is 11.8 Å². The van der Waals surface area contributed by atoms with Crippen LogP contribution in [0.15, 0.2) is 34.7 Å². The van der Waals surface area contributed by atoms with E-state index in [4.69, 9.17) is 4.42 Å². The summed E-state index contributed by atoms with van der Waals surface area (Å²) < 4.78 is 6.62. The fourth-order valence-electron chi connectivity index (χ4n) is 2.96. The SMILES string of the molecule is C[Si](C)(C)C(SCc1nnc(-c2ccccc2)o1)[Si](C)(C)C. The normalized spacial score (nSPS) is 12.9. The van der Waals surface area contributed by atoms with E-state index in [1.54, 1.807) is 0 Å². The predicted molar refractivity (Wildman–Crippen MR) is 102 cm³/mol. The van der Waals surface area contributed by atoms with Gasteiger partial charge in [0.25, 0.3) is 0 Å². The van der Waals surface area contributed by atoms with Crippen molar-refractivity contribution in [2.45, 2.75) is 49.5 Å². The number of nitrogens with zero attached hydrogens (tertiary/aromatic N) is 2. The minimum absolute atomic E-state index is 0.619. The van der Waals surface area contributed by atoms with Crippen LogP contribution in [0, 0.1) is 0 Å². The minimum Gasteiger partial charge on any atom is -0.420 e. The topological polar surface area (TPSA) is 38.9 Å². The number of thioether (sulfide) groups is 1. The highest BCUT2D eigenvalue weighted by Gasteiger charge is 2.38. The maximum atomic E-state index is 5.83. The highest BCUT2D eigenvalue weighted by Crippen LogP contribution is 2.33. The lowest BCUT2D eigenvalue weighted by Gasteiger charge is -2.37. The first-order valence-corrected chi connectivity index (χ1v) is 15.9. The van der Waals surface area contributed by atoms with Crippen LogP contribution in [-0.4, -0.2) is 30.8 Å². The molecule has 120 valence electrons. The van der Waals surface area contributed by atoms with Gasteiger partial charge in [0.2, 0.25) is 11.8 Å². The molecule has 0 fully saturated rings. The second-order valence-electron chi connectivity index (χ2n) is 7.79. The Balaban J connectivity index is 2.07. The third-order valence-electron chi connectivity index (χ3n) is 3.43. The van der Waals surface area contributed by atoms with Gasteiger partial charge in [0.15, 0.2) is 0 Å². The van der Waals surface area contributed by atoms with Gasteiger partial charge in [-0.1, -0.05) is 57.5 Å². The van der Waals surface area contributed by atoms with Crippen LogP contribution in [0.25, 0.3) is 11.5 Å². The maximum Gasteiger partial charge on any atom is 0.247 e. The summed E-state index contributed by atoms with van der Waals surface area (Å²) >= 11 is 2.02. The van der Waals surface area contributed by atoms with Gasteiger partial charge in [-0.3, -0.25) is 0 Å². The van der Waals surface area contributed by atoms with Crippen molar-refractivity contribution in [2.75, 3.05) is 0 Å². The Labute approximate surface area is 139 Å². The Morgan fingerprint density at radius 3 is 2.09 bits per heavy atom. The third kappa shape index (κ3) is 4.57. The van der Waals surface area contributed by atoms with Crippen molar-refractivity contribution in [1.29, 1.82) is 0 Å². The van der Waals surface area contributed by atoms with Gasteiger partial charge in [-0.05, 0) is 16.6 Å². The highest BCUT2D eigenvalue weighted by molar-refractivity contribution is 8.02. The molecule has 0 unspecified atom stereocenters. The zero-order valence-electron chi connectivity index (χ0n) is 14.4. The van der Waals surface area contributed by atoms with Crippen molar-refractivity contribution in [3.8, 4) is 11.5 Å². The highest BCUT2D eigenvalue weighted by atomic mass is 32.2. The molecule has 2 rings (SSSR count). The lowest BCUT2D eigenvalue weighted by Crippen LogP contribution is -2.51. The van der Waals surface area contributed by atoms with Crippen LogP contribution in [0.4, 0.5) is 0 Å². The van der Waals surface area contributed by atoms with Gasteiger partial charge in [0.05, 0.1) is 21.9 Å². The average molecular weight is 351 g/mol. The van der Waals surface area contributed by atoms with E-state index in [1.807, 2.05) is 42.1 Å². The molecule has 1 aromatic carbocycles. The van der Waals surface area contributed by atoms with Gasteiger partial charge < -0.3 is 4.42 Å². The molecule has 0 spiro atoms. The summed E-state index contributed by atoms with van der Waals surface area (Å²) in [4.78, 5) is 0. The van der Waals surface area contributed by atoms with Crippen molar-refractivity contribution in [1.82, 2.24) is 10.2 Å². The fraction of sp³-hybridized carbons (Fsp3) is 0.500. The molecule has 1 heterocycles. The van der Waals surface area contributed by atoms with E-state index in [-0.39, 0.29) is 0 Å². The number of benzene rings is 1.